The van der Waals surface area contributed by atoms with Gasteiger partial charge in [0.15, 0.2) is 0 Å². The molecule has 3 nitrogen and oxygen atoms in total. The summed E-state index contributed by atoms with van der Waals surface area (Å²) in [7, 11) is 0. The molecule has 1 fully saturated rings. The number of anilines is 1. The summed E-state index contributed by atoms with van der Waals surface area (Å²) in [4.78, 5) is 25.5. The molecule has 0 aromatic heterocycles. The molecule has 2 rings (SSSR count). The summed E-state index contributed by atoms with van der Waals surface area (Å²) in [5.41, 5.74) is 2.42. The molecule has 0 spiro atoms. The first-order chi connectivity index (χ1) is 9.13. The average Bonchev–Trinajstić information content (AvgIpc) is 2.67. The van der Waals surface area contributed by atoms with Gasteiger partial charge >= 0.3 is 0 Å². The van der Waals surface area contributed by atoms with E-state index in [9.17, 15) is 9.59 Å². The molecule has 1 aliphatic heterocycles. The van der Waals surface area contributed by atoms with Crippen LogP contribution in [0.25, 0.3) is 0 Å². The van der Waals surface area contributed by atoms with E-state index in [0.717, 1.165) is 24.8 Å². The average molecular weight is 257 g/mol. The van der Waals surface area contributed by atoms with Crippen molar-refractivity contribution in [1.82, 2.24) is 0 Å². The quantitative estimate of drug-likeness (QED) is 0.471. The Labute approximate surface area is 113 Å². The van der Waals surface area contributed by atoms with Crippen molar-refractivity contribution in [2.75, 3.05) is 4.90 Å². The van der Waals surface area contributed by atoms with E-state index in [1.54, 1.807) is 0 Å². The van der Waals surface area contributed by atoms with Gasteiger partial charge in [0, 0.05) is 5.57 Å². The highest BCUT2D eigenvalue weighted by Gasteiger charge is 2.34. The molecule has 1 aliphatic rings. The van der Waals surface area contributed by atoms with Gasteiger partial charge in [-0.15, -0.1) is 0 Å². The Hall–Kier alpha value is -1.90. The first kappa shape index (κ1) is 13.5. The fourth-order valence-corrected chi connectivity index (χ4v) is 2.17. The Balaban J connectivity index is 2.19. The minimum Gasteiger partial charge on any atom is -0.274 e. The summed E-state index contributed by atoms with van der Waals surface area (Å²) in [6, 6.07) is 7.46. The zero-order chi connectivity index (χ0) is 13.8. The van der Waals surface area contributed by atoms with Gasteiger partial charge in [-0.1, -0.05) is 43.5 Å². The molecule has 3 heteroatoms. The highest BCUT2D eigenvalue weighted by Crippen LogP contribution is 2.26. The highest BCUT2D eigenvalue weighted by molar-refractivity contribution is 6.28. The summed E-state index contributed by atoms with van der Waals surface area (Å²) < 4.78 is 0. The SMILES string of the molecule is CCCC/C=C1\CC(=O)N(c2ccc(C)cc2)C1=O. The first-order valence-corrected chi connectivity index (χ1v) is 6.76. The van der Waals surface area contributed by atoms with Crippen LogP contribution in [0.1, 0.15) is 38.2 Å². The molecule has 19 heavy (non-hydrogen) atoms. The zero-order valence-corrected chi connectivity index (χ0v) is 11.5. The van der Waals surface area contributed by atoms with E-state index in [-0.39, 0.29) is 18.2 Å². The molecular formula is C16H19NO2. The second-order valence-electron chi connectivity index (χ2n) is 4.92. The lowest BCUT2D eigenvalue weighted by Gasteiger charge is -2.13. The number of nitrogens with zero attached hydrogens (tertiary/aromatic N) is 1. The number of imide groups is 1. The normalized spacial score (nSPS) is 17.6. The van der Waals surface area contributed by atoms with Crippen molar-refractivity contribution >= 4 is 17.5 Å². The van der Waals surface area contributed by atoms with E-state index in [1.165, 1.54) is 4.90 Å². The van der Waals surface area contributed by atoms with E-state index >= 15 is 0 Å². The van der Waals surface area contributed by atoms with E-state index in [2.05, 4.69) is 6.92 Å². The van der Waals surface area contributed by atoms with Crippen LogP contribution < -0.4 is 4.90 Å². The fraction of sp³-hybridized carbons (Fsp3) is 0.375. The Bertz CT molecular complexity index is 514. The molecule has 100 valence electrons. The Morgan fingerprint density at radius 3 is 2.53 bits per heavy atom. The summed E-state index contributed by atoms with van der Waals surface area (Å²) in [6.07, 6.45) is 5.16. The van der Waals surface area contributed by atoms with Crippen LogP contribution in [0, 0.1) is 6.92 Å². The molecule has 0 radical (unpaired) electrons. The van der Waals surface area contributed by atoms with Crippen molar-refractivity contribution in [1.29, 1.82) is 0 Å². The van der Waals surface area contributed by atoms with Crippen molar-refractivity contribution in [2.24, 2.45) is 0 Å². The number of allylic oxidation sites excluding steroid dienone is 1. The van der Waals surface area contributed by atoms with Crippen molar-refractivity contribution in [3.8, 4) is 0 Å². The minimum atomic E-state index is -0.162. The molecule has 0 aliphatic carbocycles. The molecule has 1 saturated heterocycles. The third kappa shape index (κ3) is 2.92. The summed E-state index contributed by atoms with van der Waals surface area (Å²) in [5.74, 6) is -0.290. The van der Waals surface area contributed by atoms with Crippen molar-refractivity contribution < 1.29 is 9.59 Å². The third-order valence-electron chi connectivity index (χ3n) is 3.31. The van der Waals surface area contributed by atoms with E-state index in [0.29, 0.717) is 11.3 Å². The van der Waals surface area contributed by atoms with Gasteiger partial charge in [0.05, 0.1) is 12.1 Å². The number of carbonyl (C=O) groups excluding carboxylic acids is 2. The highest BCUT2D eigenvalue weighted by atomic mass is 16.2. The fourth-order valence-electron chi connectivity index (χ4n) is 2.17. The zero-order valence-electron chi connectivity index (χ0n) is 11.5. The molecule has 1 heterocycles. The molecule has 0 bridgehead atoms. The lowest BCUT2D eigenvalue weighted by molar-refractivity contribution is -0.120. The number of unbranched alkanes of at least 4 members (excludes halogenated alkanes) is 2. The molecule has 1 aromatic rings. The van der Waals surface area contributed by atoms with Crippen LogP contribution in [0.15, 0.2) is 35.9 Å². The summed E-state index contributed by atoms with van der Waals surface area (Å²) in [5, 5.41) is 0. The number of hydrogen-bond acceptors (Lipinski definition) is 2. The lowest BCUT2D eigenvalue weighted by atomic mass is 10.1. The molecule has 1 aromatic carbocycles. The van der Waals surface area contributed by atoms with Gasteiger partial charge in [-0.3, -0.25) is 9.59 Å². The first-order valence-electron chi connectivity index (χ1n) is 6.76. The third-order valence-corrected chi connectivity index (χ3v) is 3.31. The summed E-state index contributed by atoms with van der Waals surface area (Å²) in [6.45, 7) is 4.09. The van der Waals surface area contributed by atoms with Crippen molar-refractivity contribution in [3.05, 3.63) is 41.5 Å². The van der Waals surface area contributed by atoms with E-state index in [4.69, 9.17) is 0 Å². The maximum absolute atomic E-state index is 12.2. The van der Waals surface area contributed by atoms with Crippen LogP contribution in [0.3, 0.4) is 0 Å². The van der Waals surface area contributed by atoms with E-state index < -0.39 is 0 Å². The Morgan fingerprint density at radius 2 is 1.89 bits per heavy atom. The Morgan fingerprint density at radius 1 is 1.21 bits per heavy atom. The number of aryl methyl sites for hydroxylation is 1. The number of rotatable bonds is 4. The minimum absolute atomic E-state index is 0.128. The van der Waals surface area contributed by atoms with Crippen LogP contribution in [0.2, 0.25) is 0 Å². The standard InChI is InChI=1S/C16H19NO2/c1-3-4-5-6-13-11-15(18)17(16(13)19)14-9-7-12(2)8-10-14/h6-10H,3-5,11H2,1-2H3/b13-6+. The largest absolute Gasteiger partial charge is 0.274 e. The number of hydrogen-bond donors (Lipinski definition) is 0. The predicted octanol–water partition coefficient (Wildman–Crippen LogP) is 3.37. The lowest BCUT2D eigenvalue weighted by Crippen LogP contribution is -2.28. The van der Waals surface area contributed by atoms with Gasteiger partial charge in [0.2, 0.25) is 5.91 Å². The molecule has 0 atom stereocenters. The topological polar surface area (TPSA) is 37.4 Å². The van der Waals surface area contributed by atoms with Crippen molar-refractivity contribution in [2.45, 2.75) is 39.5 Å². The summed E-state index contributed by atoms with van der Waals surface area (Å²) >= 11 is 0. The van der Waals surface area contributed by atoms with Crippen molar-refractivity contribution in [3.63, 3.8) is 0 Å². The molecular weight excluding hydrogens is 238 g/mol. The van der Waals surface area contributed by atoms with Gasteiger partial charge in [-0.05, 0) is 25.5 Å². The number of carbonyl (C=O) groups is 2. The second-order valence-corrected chi connectivity index (χ2v) is 4.92. The van der Waals surface area contributed by atoms with E-state index in [1.807, 2.05) is 37.3 Å². The van der Waals surface area contributed by atoms with Crippen LogP contribution in [0.5, 0.6) is 0 Å². The Kier molecular flexibility index (Phi) is 4.15. The molecule has 0 N–H and O–H groups in total. The van der Waals surface area contributed by atoms with Crippen LogP contribution in [-0.2, 0) is 9.59 Å². The van der Waals surface area contributed by atoms with Gasteiger partial charge in [0.25, 0.3) is 5.91 Å². The number of amides is 2. The van der Waals surface area contributed by atoms with Gasteiger partial charge in [-0.25, -0.2) is 4.90 Å². The maximum atomic E-state index is 12.2. The second kappa shape index (κ2) is 5.83. The molecule has 0 saturated carbocycles. The van der Waals surface area contributed by atoms with Crippen LogP contribution in [0.4, 0.5) is 5.69 Å². The van der Waals surface area contributed by atoms with Crippen LogP contribution >= 0.6 is 0 Å². The monoisotopic (exact) mass is 257 g/mol. The number of benzene rings is 1. The van der Waals surface area contributed by atoms with Gasteiger partial charge in [-0.2, -0.15) is 0 Å². The van der Waals surface area contributed by atoms with Gasteiger partial charge in [0.1, 0.15) is 0 Å². The van der Waals surface area contributed by atoms with Gasteiger partial charge < -0.3 is 0 Å². The smallest absolute Gasteiger partial charge is 0.261 e. The molecule has 2 amide bonds. The maximum Gasteiger partial charge on any atom is 0.261 e. The molecule has 0 unspecified atom stereocenters. The van der Waals surface area contributed by atoms with Crippen LogP contribution in [-0.4, -0.2) is 11.8 Å². The predicted molar refractivity (Wildman–Crippen MR) is 75.9 cm³/mol.